The lowest BCUT2D eigenvalue weighted by molar-refractivity contribution is 0.415. The summed E-state index contributed by atoms with van der Waals surface area (Å²) >= 11 is 6.16. The predicted molar refractivity (Wildman–Crippen MR) is 82.9 cm³/mol. The Labute approximate surface area is 128 Å². The van der Waals surface area contributed by atoms with Crippen molar-refractivity contribution in [1.82, 2.24) is 24.7 Å². The van der Waals surface area contributed by atoms with Gasteiger partial charge in [-0.05, 0) is 24.3 Å². The SMILES string of the molecule is COc1ccc(-n2c(=O)[nH]c3nnc4[nH]ccc4c32)cc1Cl. The predicted octanol–water partition coefficient (Wildman–Crippen LogP) is 2.25. The first-order valence-electron chi connectivity index (χ1n) is 6.47. The Hall–Kier alpha value is -2.80. The highest BCUT2D eigenvalue weighted by atomic mass is 35.5. The molecule has 0 atom stereocenters. The summed E-state index contributed by atoms with van der Waals surface area (Å²) in [7, 11) is 1.54. The maximum absolute atomic E-state index is 12.3. The number of fused-ring (bicyclic) bond motifs is 3. The molecule has 0 aliphatic carbocycles. The zero-order valence-corrected chi connectivity index (χ0v) is 12.2. The fraction of sp³-hybridized carbons (Fsp3) is 0.0714. The van der Waals surface area contributed by atoms with Gasteiger partial charge in [0.2, 0.25) is 0 Å². The van der Waals surface area contributed by atoms with Gasteiger partial charge >= 0.3 is 5.69 Å². The summed E-state index contributed by atoms with van der Waals surface area (Å²) in [5.41, 5.74) is 2.00. The summed E-state index contributed by atoms with van der Waals surface area (Å²) in [6.07, 6.45) is 1.75. The number of methoxy groups -OCH3 is 1. The van der Waals surface area contributed by atoms with Crippen molar-refractivity contribution in [2.24, 2.45) is 0 Å². The molecule has 0 saturated carbocycles. The first-order valence-corrected chi connectivity index (χ1v) is 6.85. The Balaban J connectivity index is 2.09. The minimum atomic E-state index is -0.306. The van der Waals surface area contributed by atoms with Crippen LogP contribution in [0.15, 0.2) is 35.3 Å². The Morgan fingerprint density at radius 2 is 2.05 bits per heavy atom. The number of benzene rings is 1. The van der Waals surface area contributed by atoms with Crippen LogP contribution >= 0.6 is 11.6 Å². The van der Waals surface area contributed by atoms with Crippen molar-refractivity contribution in [3.05, 3.63) is 46.0 Å². The van der Waals surface area contributed by atoms with Crippen molar-refractivity contribution < 1.29 is 4.74 Å². The smallest absolute Gasteiger partial charge is 0.332 e. The summed E-state index contributed by atoms with van der Waals surface area (Å²) in [5, 5.41) is 9.28. The van der Waals surface area contributed by atoms with Crippen LogP contribution in [-0.2, 0) is 0 Å². The average molecular weight is 316 g/mol. The van der Waals surface area contributed by atoms with Crippen LogP contribution in [0.4, 0.5) is 0 Å². The molecule has 4 rings (SSSR count). The third-order valence-electron chi connectivity index (χ3n) is 3.50. The Morgan fingerprint density at radius 1 is 1.23 bits per heavy atom. The highest BCUT2D eigenvalue weighted by molar-refractivity contribution is 6.32. The maximum Gasteiger partial charge on any atom is 0.332 e. The second kappa shape index (κ2) is 4.60. The van der Waals surface area contributed by atoms with E-state index >= 15 is 0 Å². The van der Waals surface area contributed by atoms with Crippen molar-refractivity contribution >= 4 is 33.8 Å². The molecule has 3 aromatic heterocycles. The van der Waals surface area contributed by atoms with Crippen LogP contribution in [-0.4, -0.2) is 31.8 Å². The monoisotopic (exact) mass is 315 g/mol. The number of imidazole rings is 1. The van der Waals surface area contributed by atoms with Crippen molar-refractivity contribution in [2.75, 3.05) is 7.11 Å². The van der Waals surface area contributed by atoms with Gasteiger partial charge in [0.1, 0.15) is 11.3 Å². The summed E-state index contributed by atoms with van der Waals surface area (Å²) in [5.74, 6) is 0.546. The van der Waals surface area contributed by atoms with E-state index in [9.17, 15) is 4.79 Å². The molecule has 110 valence electrons. The Kier molecular flexibility index (Phi) is 2.70. The van der Waals surface area contributed by atoms with Gasteiger partial charge in [0.05, 0.1) is 17.8 Å². The van der Waals surface area contributed by atoms with E-state index < -0.39 is 0 Å². The lowest BCUT2D eigenvalue weighted by atomic mass is 10.2. The number of aromatic amines is 2. The molecule has 0 aliphatic heterocycles. The van der Waals surface area contributed by atoms with Gasteiger partial charge in [-0.15, -0.1) is 10.2 Å². The topological polar surface area (TPSA) is 88.6 Å². The number of aromatic nitrogens is 5. The minimum absolute atomic E-state index is 0.306. The van der Waals surface area contributed by atoms with Crippen molar-refractivity contribution in [1.29, 1.82) is 0 Å². The van der Waals surface area contributed by atoms with E-state index in [0.717, 1.165) is 5.39 Å². The van der Waals surface area contributed by atoms with Crippen molar-refractivity contribution in [2.45, 2.75) is 0 Å². The second-order valence-electron chi connectivity index (χ2n) is 4.72. The van der Waals surface area contributed by atoms with Crippen LogP contribution < -0.4 is 10.4 Å². The van der Waals surface area contributed by atoms with Gasteiger partial charge < -0.3 is 9.72 Å². The number of hydrogen-bond donors (Lipinski definition) is 2. The molecule has 0 amide bonds. The zero-order chi connectivity index (χ0) is 15.3. The fourth-order valence-electron chi connectivity index (χ4n) is 2.52. The lowest BCUT2D eigenvalue weighted by Gasteiger charge is -2.07. The van der Waals surface area contributed by atoms with Gasteiger partial charge in [-0.2, -0.15) is 0 Å². The number of nitrogens with zero attached hydrogens (tertiary/aromatic N) is 3. The number of H-pyrrole nitrogens is 2. The molecule has 7 nitrogen and oxygen atoms in total. The minimum Gasteiger partial charge on any atom is -0.495 e. The number of halogens is 1. The normalized spacial score (nSPS) is 11.4. The lowest BCUT2D eigenvalue weighted by Crippen LogP contribution is -2.14. The van der Waals surface area contributed by atoms with E-state index in [-0.39, 0.29) is 5.69 Å². The fourth-order valence-corrected chi connectivity index (χ4v) is 2.77. The molecular weight excluding hydrogens is 306 g/mol. The summed E-state index contributed by atoms with van der Waals surface area (Å²) < 4.78 is 6.66. The van der Waals surface area contributed by atoms with Crippen molar-refractivity contribution in [3.8, 4) is 11.4 Å². The standard InChI is InChI=1S/C14H10ClN5O2/c1-22-10-3-2-7(6-9(10)15)20-11-8-4-5-16-12(8)18-19-13(11)17-14(20)21/h2-6H,1H3,(H,16,18)(H,17,19,21). The van der Waals surface area contributed by atoms with Crippen LogP contribution in [0.25, 0.3) is 27.9 Å². The quantitative estimate of drug-likeness (QED) is 0.594. The highest BCUT2D eigenvalue weighted by Gasteiger charge is 2.15. The van der Waals surface area contributed by atoms with E-state index in [1.54, 1.807) is 24.4 Å². The average Bonchev–Trinajstić information content (AvgIpc) is 3.09. The van der Waals surface area contributed by atoms with Gasteiger partial charge in [0, 0.05) is 11.6 Å². The molecule has 0 bridgehead atoms. The Morgan fingerprint density at radius 3 is 2.82 bits per heavy atom. The summed E-state index contributed by atoms with van der Waals surface area (Å²) in [6.45, 7) is 0. The van der Waals surface area contributed by atoms with E-state index in [4.69, 9.17) is 16.3 Å². The largest absolute Gasteiger partial charge is 0.495 e. The zero-order valence-electron chi connectivity index (χ0n) is 11.4. The third kappa shape index (κ3) is 1.72. The maximum atomic E-state index is 12.3. The van der Waals surface area contributed by atoms with Crippen LogP contribution in [0.2, 0.25) is 5.02 Å². The summed E-state index contributed by atoms with van der Waals surface area (Å²) in [4.78, 5) is 18.0. The molecule has 2 N–H and O–H groups in total. The molecular formula is C14H10ClN5O2. The first-order chi connectivity index (χ1) is 10.7. The number of rotatable bonds is 2. The molecule has 1 aromatic carbocycles. The van der Waals surface area contributed by atoms with Crippen LogP contribution in [0.1, 0.15) is 0 Å². The molecule has 0 fully saturated rings. The third-order valence-corrected chi connectivity index (χ3v) is 3.80. The highest BCUT2D eigenvalue weighted by Crippen LogP contribution is 2.28. The molecule has 0 saturated heterocycles. The molecule has 0 unspecified atom stereocenters. The van der Waals surface area contributed by atoms with E-state index in [1.165, 1.54) is 11.7 Å². The van der Waals surface area contributed by atoms with E-state index in [1.807, 2.05) is 6.07 Å². The second-order valence-corrected chi connectivity index (χ2v) is 5.13. The van der Waals surface area contributed by atoms with Crippen LogP contribution in [0.5, 0.6) is 5.75 Å². The van der Waals surface area contributed by atoms with Gasteiger partial charge in [-0.3, -0.25) is 9.55 Å². The van der Waals surface area contributed by atoms with Gasteiger partial charge in [0.25, 0.3) is 0 Å². The molecule has 0 radical (unpaired) electrons. The number of ether oxygens (including phenoxy) is 1. The summed E-state index contributed by atoms with van der Waals surface area (Å²) in [6, 6.07) is 7.00. The molecule has 3 heterocycles. The van der Waals surface area contributed by atoms with E-state index in [2.05, 4.69) is 20.2 Å². The molecule has 0 spiro atoms. The van der Waals surface area contributed by atoms with Crippen LogP contribution in [0, 0.1) is 0 Å². The van der Waals surface area contributed by atoms with Crippen LogP contribution in [0.3, 0.4) is 0 Å². The number of hydrogen-bond acceptors (Lipinski definition) is 4. The van der Waals surface area contributed by atoms with E-state index in [0.29, 0.717) is 33.3 Å². The molecule has 22 heavy (non-hydrogen) atoms. The van der Waals surface area contributed by atoms with Gasteiger partial charge in [0.15, 0.2) is 11.3 Å². The molecule has 0 aliphatic rings. The molecule has 8 heteroatoms. The van der Waals surface area contributed by atoms with Crippen molar-refractivity contribution in [3.63, 3.8) is 0 Å². The van der Waals surface area contributed by atoms with Gasteiger partial charge in [-0.25, -0.2) is 4.79 Å². The Bertz CT molecular complexity index is 1060. The first kappa shape index (κ1) is 12.9. The molecule has 4 aromatic rings. The van der Waals surface area contributed by atoms with Gasteiger partial charge in [-0.1, -0.05) is 11.6 Å². The number of nitrogens with one attached hydrogen (secondary N) is 2.